The van der Waals surface area contributed by atoms with Crippen LogP contribution in [0.5, 0.6) is 0 Å². The van der Waals surface area contributed by atoms with Gasteiger partial charge >= 0.3 is 0 Å². The summed E-state index contributed by atoms with van der Waals surface area (Å²) in [7, 11) is 1.92. The van der Waals surface area contributed by atoms with Crippen molar-refractivity contribution >= 4 is 11.4 Å². The maximum absolute atomic E-state index is 9.97. The third kappa shape index (κ3) is 2.04. The number of hydrogen-bond acceptors (Lipinski definition) is 4. The van der Waals surface area contributed by atoms with Gasteiger partial charge in [0.05, 0.1) is 18.9 Å². The predicted octanol–water partition coefficient (Wildman–Crippen LogP) is 1.24. The van der Waals surface area contributed by atoms with Crippen LogP contribution in [-0.4, -0.2) is 41.4 Å². The fourth-order valence-electron chi connectivity index (χ4n) is 2.54. The first-order chi connectivity index (χ1) is 8.75. The standard InChI is InChI=1S/C13H19N3O2/c1-15-12-9-11(10-4-7-18-8-5-10)14-16(12)6-2-3-13(15)17/h4,9,13,17H,2-3,5-8H2,1H3. The summed E-state index contributed by atoms with van der Waals surface area (Å²) >= 11 is 0. The first kappa shape index (κ1) is 11.7. The number of fused-ring (bicyclic) bond motifs is 1. The molecule has 98 valence electrons. The normalized spacial score (nSPS) is 24.4. The van der Waals surface area contributed by atoms with Crippen LogP contribution in [0.2, 0.25) is 0 Å². The van der Waals surface area contributed by atoms with E-state index in [1.165, 1.54) is 5.57 Å². The SMILES string of the molecule is CN1c2cc(C3=CCOCC3)nn2CCCC1O. The van der Waals surface area contributed by atoms with Gasteiger partial charge in [-0.1, -0.05) is 6.08 Å². The van der Waals surface area contributed by atoms with Crippen LogP contribution in [0.1, 0.15) is 25.0 Å². The molecule has 0 saturated carbocycles. The van der Waals surface area contributed by atoms with Crippen LogP contribution in [-0.2, 0) is 11.3 Å². The Hall–Kier alpha value is -1.33. The van der Waals surface area contributed by atoms with Gasteiger partial charge in [-0.25, -0.2) is 4.68 Å². The number of rotatable bonds is 1. The minimum absolute atomic E-state index is 0.403. The van der Waals surface area contributed by atoms with E-state index in [1.54, 1.807) is 0 Å². The Morgan fingerprint density at radius 2 is 2.39 bits per heavy atom. The van der Waals surface area contributed by atoms with E-state index in [-0.39, 0.29) is 0 Å². The van der Waals surface area contributed by atoms with Gasteiger partial charge in [0.15, 0.2) is 0 Å². The van der Waals surface area contributed by atoms with E-state index in [4.69, 9.17) is 4.74 Å². The zero-order valence-electron chi connectivity index (χ0n) is 10.7. The Morgan fingerprint density at radius 1 is 1.50 bits per heavy atom. The molecule has 18 heavy (non-hydrogen) atoms. The molecule has 3 heterocycles. The Bertz CT molecular complexity index is 467. The smallest absolute Gasteiger partial charge is 0.129 e. The third-order valence-corrected chi connectivity index (χ3v) is 3.69. The topological polar surface area (TPSA) is 50.5 Å². The molecule has 1 N–H and O–H groups in total. The minimum atomic E-state index is -0.403. The van der Waals surface area contributed by atoms with Crippen molar-refractivity contribution in [2.45, 2.75) is 32.0 Å². The number of aliphatic hydroxyl groups excluding tert-OH is 1. The minimum Gasteiger partial charge on any atom is -0.377 e. The second kappa shape index (κ2) is 4.74. The van der Waals surface area contributed by atoms with Gasteiger partial charge in [-0.2, -0.15) is 5.10 Å². The lowest BCUT2D eigenvalue weighted by molar-refractivity contribution is 0.161. The van der Waals surface area contributed by atoms with E-state index in [9.17, 15) is 5.11 Å². The lowest BCUT2D eigenvalue weighted by Gasteiger charge is -2.22. The van der Waals surface area contributed by atoms with E-state index in [0.29, 0.717) is 6.61 Å². The molecule has 0 aliphatic carbocycles. The molecule has 0 aromatic carbocycles. The molecule has 1 atom stereocenters. The number of aromatic nitrogens is 2. The van der Waals surface area contributed by atoms with Crippen LogP contribution in [0.4, 0.5) is 5.82 Å². The van der Waals surface area contributed by atoms with Gasteiger partial charge in [-0.3, -0.25) is 0 Å². The highest BCUT2D eigenvalue weighted by Crippen LogP contribution is 2.27. The molecule has 2 aliphatic rings. The van der Waals surface area contributed by atoms with Crippen molar-refractivity contribution in [3.8, 4) is 0 Å². The number of aliphatic hydroxyl groups is 1. The van der Waals surface area contributed by atoms with Gasteiger partial charge in [0, 0.05) is 19.7 Å². The van der Waals surface area contributed by atoms with Crippen LogP contribution in [0.15, 0.2) is 12.1 Å². The van der Waals surface area contributed by atoms with Crippen LogP contribution in [0, 0.1) is 0 Å². The molecule has 0 saturated heterocycles. The van der Waals surface area contributed by atoms with Gasteiger partial charge in [0.2, 0.25) is 0 Å². The number of anilines is 1. The van der Waals surface area contributed by atoms with Crippen LogP contribution < -0.4 is 4.90 Å². The molecule has 0 fully saturated rings. The summed E-state index contributed by atoms with van der Waals surface area (Å²) in [5.41, 5.74) is 2.28. The number of ether oxygens (including phenoxy) is 1. The monoisotopic (exact) mass is 249 g/mol. The van der Waals surface area contributed by atoms with Crippen molar-refractivity contribution in [3.05, 3.63) is 17.8 Å². The number of aryl methyl sites for hydroxylation is 1. The van der Waals surface area contributed by atoms with Gasteiger partial charge in [0.1, 0.15) is 12.0 Å². The second-order valence-corrected chi connectivity index (χ2v) is 4.90. The van der Waals surface area contributed by atoms with Crippen LogP contribution in [0.3, 0.4) is 0 Å². The molecule has 5 heteroatoms. The molecule has 3 rings (SSSR count). The zero-order chi connectivity index (χ0) is 12.5. The Kier molecular flexibility index (Phi) is 3.09. The maximum Gasteiger partial charge on any atom is 0.129 e. The van der Waals surface area contributed by atoms with Crippen molar-refractivity contribution < 1.29 is 9.84 Å². The largest absolute Gasteiger partial charge is 0.377 e. The molecule has 0 amide bonds. The van der Waals surface area contributed by atoms with Crippen LogP contribution >= 0.6 is 0 Å². The Balaban J connectivity index is 1.93. The molecule has 0 bridgehead atoms. The molecule has 1 aromatic rings. The van der Waals surface area contributed by atoms with Crippen molar-refractivity contribution in [2.24, 2.45) is 0 Å². The van der Waals surface area contributed by atoms with E-state index >= 15 is 0 Å². The first-order valence-electron chi connectivity index (χ1n) is 6.51. The van der Waals surface area contributed by atoms with Crippen molar-refractivity contribution in [3.63, 3.8) is 0 Å². The maximum atomic E-state index is 9.97. The summed E-state index contributed by atoms with van der Waals surface area (Å²) < 4.78 is 7.32. The van der Waals surface area contributed by atoms with Crippen LogP contribution in [0.25, 0.3) is 5.57 Å². The summed E-state index contributed by atoms with van der Waals surface area (Å²) in [6.07, 6.45) is 4.37. The summed E-state index contributed by atoms with van der Waals surface area (Å²) in [4.78, 5) is 1.91. The Labute approximate surface area is 107 Å². The zero-order valence-corrected chi connectivity index (χ0v) is 10.7. The molecule has 1 unspecified atom stereocenters. The summed E-state index contributed by atoms with van der Waals surface area (Å²) in [5.74, 6) is 1.00. The molecule has 1 aromatic heterocycles. The number of nitrogens with zero attached hydrogens (tertiary/aromatic N) is 3. The van der Waals surface area contributed by atoms with Gasteiger partial charge < -0.3 is 14.7 Å². The highest BCUT2D eigenvalue weighted by molar-refractivity contribution is 5.66. The van der Waals surface area contributed by atoms with Gasteiger partial charge in [-0.15, -0.1) is 0 Å². The molecule has 0 radical (unpaired) electrons. The highest BCUT2D eigenvalue weighted by Gasteiger charge is 2.22. The molecule has 0 spiro atoms. The van der Waals surface area contributed by atoms with Gasteiger partial charge in [-0.05, 0) is 24.8 Å². The fraction of sp³-hybridized carbons (Fsp3) is 0.615. The predicted molar refractivity (Wildman–Crippen MR) is 69.3 cm³/mol. The average Bonchev–Trinajstić information content (AvgIpc) is 2.78. The number of hydrogen-bond donors (Lipinski definition) is 1. The quantitative estimate of drug-likeness (QED) is 0.813. The van der Waals surface area contributed by atoms with E-state index < -0.39 is 6.23 Å². The molecule has 5 nitrogen and oxygen atoms in total. The summed E-state index contributed by atoms with van der Waals surface area (Å²) in [6.45, 7) is 2.32. The van der Waals surface area contributed by atoms with Gasteiger partial charge in [0.25, 0.3) is 0 Å². The first-order valence-corrected chi connectivity index (χ1v) is 6.51. The molecular formula is C13H19N3O2. The summed E-state index contributed by atoms with van der Waals surface area (Å²) in [6, 6.07) is 2.08. The second-order valence-electron chi connectivity index (χ2n) is 4.90. The van der Waals surface area contributed by atoms with Crippen molar-refractivity contribution in [1.82, 2.24) is 9.78 Å². The molecular weight excluding hydrogens is 230 g/mol. The third-order valence-electron chi connectivity index (χ3n) is 3.69. The molecule has 2 aliphatic heterocycles. The lowest BCUT2D eigenvalue weighted by Crippen LogP contribution is -2.30. The Morgan fingerprint density at radius 3 is 3.17 bits per heavy atom. The van der Waals surface area contributed by atoms with E-state index in [0.717, 1.165) is 43.9 Å². The van der Waals surface area contributed by atoms with E-state index in [1.807, 2.05) is 16.6 Å². The average molecular weight is 249 g/mol. The van der Waals surface area contributed by atoms with E-state index in [2.05, 4.69) is 17.2 Å². The summed E-state index contributed by atoms with van der Waals surface area (Å²) in [5, 5.41) is 14.6. The van der Waals surface area contributed by atoms with Crippen molar-refractivity contribution in [1.29, 1.82) is 0 Å². The fourth-order valence-corrected chi connectivity index (χ4v) is 2.54. The lowest BCUT2D eigenvalue weighted by atomic mass is 10.1. The van der Waals surface area contributed by atoms with Crippen molar-refractivity contribution in [2.75, 3.05) is 25.2 Å². The highest BCUT2D eigenvalue weighted by atomic mass is 16.5.